The Kier molecular flexibility index (Phi) is 6.50. The number of aromatic nitrogens is 1. The Morgan fingerprint density at radius 3 is 2.48 bits per heavy atom. The van der Waals surface area contributed by atoms with Gasteiger partial charge < -0.3 is 14.8 Å². The zero-order valence-electron chi connectivity index (χ0n) is 18.2. The Morgan fingerprint density at radius 2 is 1.82 bits per heavy atom. The SMILES string of the molecule is CS(=O)(=O)N1[C@@H]2CC[C@@H]1CC(NCCOc1ccc(Oc3nc4c(Cl)cccc4s3)cc1)C2. The summed E-state index contributed by atoms with van der Waals surface area (Å²) in [6, 6.07) is 13.8. The summed E-state index contributed by atoms with van der Waals surface area (Å²) >= 11 is 7.64. The van der Waals surface area contributed by atoms with Crippen molar-refractivity contribution < 1.29 is 17.9 Å². The highest BCUT2D eigenvalue weighted by Gasteiger charge is 2.44. The summed E-state index contributed by atoms with van der Waals surface area (Å²) in [5.74, 6) is 1.45. The van der Waals surface area contributed by atoms with Gasteiger partial charge in [0.2, 0.25) is 10.0 Å². The van der Waals surface area contributed by atoms with Gasteiger partial charge in [0.05, 0.1) is 16.0 Å². The Morgan fingerprint density at radius 1 is 1.12 bits per heavy atom. The van der Waals surface area contributed by atoms with Crippen LogP contribution >= 0.6 is 22.9 Å². The fraction of sp³-hybridized carbons (Fsp3) is 0.435. The van der Waals surface area contributed by atoms with Crippen LogP contribution in [0.15, 0.2) is 42.5 Å². The topological polar surface area (TPSA) is 80.8 Å². The quantitative estimate of drug-likeness (QED) is 0.446. The fourth-order valence-electron chi connectivity index (χ4n) is 4.92. The second kappa shape index (κ2) is 9.38. The highest BCUT2D eigenvalue weighted by Crippen LogP contribution is 2.37. The van der Waals surface area contributed by atoms with Crippen LogP contribution in [-0.4, -0.2) is 55.2 Å². The van der Waals surface area contributed by atoms with Crippen LogP contribution in [0.5, 0.6) is 16.7 Å². The molecule has 0 amide bonds. The zero-order chi connectivity index (χ0) is 23.0. The van der Waals surface area contributed by atoms with E-state index in [9.17, 15) is 8.42 Å². The van der Waals surface area contributed by atoms with E-state index in [1.807, 2.05) is 42.5 Å². The first kappa shape index (κ1) is 22.9. The normalized spacial score (nSPS) is 23.2. The lowest BCUT2D eigenvalue weighted by Gasteiger charge is -2.37. The lowest BCUT2D eigenvalue weighted by atomic mass is 10.00. The third-order valence-electron chi connectivity index (χ3n) is 6.23. The number of thiazole rings is 1. The number of piperidine rings is 1. The van der Waals surface area contributed by atoms with Crippen molar-refractivity contribution >= 4 is 43.2 Å². The molecule has 1 aromatic heterocycles. The second-order valence-corrected chi connectivity index (χ2v) is 11.9. The Balaban J connectivity index is 1.08. The van der Waals surface area contributed by atoms with Crippen molar-refractivity contribution in [3.05, 3.63) is 47.5 Å². The monoisotopic (exact) mass is 507 g/mol. The van der Waals surface area contributed by atoms with Gasteiger partial charge in [0.25, 0.3) is 5.19 Å². The molecule has 0 radical (unpaired) electrons. The maximum Gasteiger partial charge on any atom is 0.279 e. The van der Waals surface area contributed by atoms with E-state index in [1.54, 1.807) is 4.31 Å². The molecule has 3 heterocycles. The number of nitrogens with one attached hydrogen (secondary N) is 1. The van der Waals surface area contributed by atoms with Gasteiger partial charge in [-0.3, -0.25) is 0 Å². The van der Waals surface area contributed by atoms with Crippen LogP contribution in [0.4, 0.5) is 0 Å². The summed E-state index contributed by atoms with van der Waals surface area (Å²) in [6.45, 7) is 1.26. The minimum atomic E-state index is -3.12. The van der Waals surface area contributed by atoms with Crippen LogP contribution < -0.4 is 14.8 Å². The molecule has 2 aliphatic rings. The molecule has 33 heavy (non-hydrogen) atoms. The van der Waals surface area contributed by atoms with Gasteiger partial charge in [0.1, 0.15) is 23.6 Å². The van der Waals surface area contributed by atoms with Crippen molar-refractivity contribution in [2.24, 2.45) is 0 Å². The number of fused-ring (bicyclic) bond motifs is 3. The molecule has 2 saturated heterocycles. The molecule has 10 heteroatoms. The van der Waals surface area contributed by atoms with E-state index in [4.69, 9.17) is 21.1 Å². The molecule has 2 fully saturated rings. The van der Waals surface area contributed by atoms with Crippen LogP contribution in [0.1, 0.15) is 25.7 Å². The van der Waals surface area contributed by atoms with Crippen molar-refractivity contribution in [2.45, 2.75) is 43.8 Å². The molecule has 2 atom stereocenters. The Hall–Kier alpha value is -1.91. The van der Waals surface area contributed by atoms with E-state index < -0.39 is 10.0 Å². The number of para-hydroxylation sites is 1. The molecule has 0 saturated carbocycles. The number of rotatable bonds is 8. The lowest BCUT2D eigenvalue weighted by molar-refractivity contribution is 0.201. The molecule has 1 N–H and O–H groups in total. The molecule has 2 bridgehead atoms. The van der Waals surface area contributed by atoms with Crippen molar-refractivity contribution in [3.8, 4) is 16.7 Å². The van der Waals surface area contributed by atoms with E-state index in [0.29, 0.717) is 35.2 Å². The first-order valence-electron chi connectivity index (χ1n) is 11.0. The number of halogens is 1. The van der Waals surface area contributed by atoms with Crippen molar-refractivity contribution in [1.82, 2.24) is 14.6 Å². The summed E-state index contributed by atoms with van der Waals surface area (Å²) in [7, 11) is -3.12. The van der Waals surface area contributed by atoms with Crippen LogP contribution in [0, 0.1) is 0 Å². The highest BCUT2D eigenvalue weighted by atomic mass is 35.5. The molecule has 0 aliphatic carbocycles. The summed E-state index contributed by atoms with van der Waals surface area (Å²) < 4.78 is 38.5. The minimum absolute atomic E-state index is 0.135. The van der Waals surface area contributed by atoms with Gasteiger partial charge in [-0.05, 0) is 62.1 Å². The van der Waals surface area contributed by atoms with Gasteiger partial charge in [-0.2, -0.15) is 4.31 Å². The summed E-state index contributed by atoms with van der Waals surface area (Å²) in [5, 5.41) is 4.70. The van der Waals surface area contributed by atoms with Crippen LogP contribution in [-0.2, 0) is 10.0 Å². The third kappa shape index (κ3) is 5.12. The Bertz CT molecular complexity index is 1220. The number of hydrogen-bond donors (Lipinski definition) is 1. The van der Waals surface area contributed by atoms with E-state index in [2.05, 4.69) is 10.3 Å². The van der Waals surface area contributed by atoms with Crippen molar-refractivity contribution in [3.63, 3.8) is 0 Å². The average Bonchev–Trinajstić information content (AvgIpc) is 3.31. The first-order valence-corrected chi connectivity index (χ1v) is 14.1. The van der Waals surface area contributed by atoms with E-state index >= 15 is 0 Å². The van der Waals surface area contributed by atoms with Crippen LogP contribution in [0.25, 0.3) is 10.2 Å². The zero-order valence-corrected chi connectivity index (χ0v) is 20.6. The third-order valence-corrected chi connectivity index (χ3v) is 8.80. The van der Waals surface area contributed by atoms with Gasteiger partial charge in [-0.25, -0.2) is 13.4 Å². The van der Waals surface area contributed by atoms with Crippen LogP contribution in [0.3, 0.4) is 0 Å². The summed E-state index contributed by atoms with van der Waals surface area (Å²) in [5.41, 5.74) is 0.751. The molecule has 2 aliphatic heterocycles. The van der Waals surface area contributed by atoms with E-state index in [1.165, 1.54) is 17.6 Å². The predicted molar refractivity (Wildman–Crippen MR) is 131 cm³/mol. The smallest absolute Gasteiger partial charge is 0.279 e. The number of hydrogen-bond acceptors (Lipinski definition) is 7. The van der Waals surface area contributed by atoms with Crippen molar-refractivity contribution in [1.29, 1.82) is 0 Å². The fourth-order valence-corrected chi connectivity index (χ4v) is 7.52. The number of nitrogens with zero attached hydrogens (tertiary/aromatic N) is 2. The predicted octanol–water partition coefficient (Wildman–Crippen LogP) is 4.67. The summed E-state index contributed by atoms with van der Waals surface area (Å²) in [4.78, 5) is 4.46. The number of benzene rings is 2. The van der Waals surface area contributed by atoms with Gasteiger partial charge in [0, 0.05) is 24.7 Å². The molecule has 3 aromatic rings. The molecule has 0 unspecified atom stereocenters. The molecule has 2 aromatic carbocycles. The molecule has 7 nitrogen and oxygen atoms in total. The molecule has 176 valence electrons. The average molecular weight is 508 g/mol. The summed E-state index contributed by atoms with van der Waals surface area (Å²) in [6.07, 6.45) is 4.99. The van der Waals surface area contributed by atoms with Gasteiger partial charge in [-0.15, -0.1) is 0 Å². The number of sulfonamides is 1. The largest absolute Gasteiger partial charge is 0.492 e. The number of ether oxygens (including phenoxy) is 2. The lowest BCUT2D eigenvalue weighted by Crippen LogP contribution is -2.51. The van der Waals surface area contributed by atoms with E-state index in [-0.39, 0.29) is 12.1 Å². The van der Waals surface area contributed by atoms with Gasteiger partial charge >= 0.3 is 0 Å². The second-order valence-electron chi connectivity index (χ2n) is 8.59. The van der Waals surface area contributed by atoms with Gasteiger partial charge in [0.15, 0.2) is 0 Å². The molecule has 5 rings (SSSR count). The Labute approximate surface area is 202 Å². The maximum absolute atomic E-state index is 12.0. The van der Waals surface area contributed by atoms with E-state index in [0.717, 1.165) is 41.6 Å². The molecule has 0 spiro atoms. The highest BCUT2D eigenvalue weighted by molar-refractivity contribution is 7.88. The maximum atomic E-state index is 12.0. The van der Waals surface area contributed by atoms with Gasteiger partial charge in [-0.1, -0.05) is 29.0 Å². The molecular formula is C23H26ClN3O4S2. The molecular weight excluding hydrogens is 482 g/mol. The standard InChI is InChI=1S/C23H26ClN3O4S2/c1-33(28,29)27-16-5-6-17(27)14-15(13-16)25-11-12-30-18-7-9-19(10-8-18)31-23-26-22-20(24)3-2-4-21(22)32-23/h2-4,7-10,15-17,25H,5-6,11-14H2,1H3/t16-,17-/m1/s1. The van der Waals surface area contributed by atoms with Crippen LogP contribution in [0.2, 0.25) is 5.02 Å². The van der Waals surface area contributed by atoms with Crippen molar-refractivity contribution in [2.75, 3.05) is 19.4 Å². The first-order chi connectivity index (χ1) is 15.9. The minimum Gasteiger partial charge on any atom is -0.492 e.